The van der Waals surface area contributed by atoms with Crippen LogP contribution in [0.25, 0.3) is 0 Å². The summed E-state index contributed by atoms with van der Waals surface area (Å²) >= 11 is 0. The topological polar surface area (TPSA) is 73.7 Å². The summed E-state index contributed by atoms with van der Waals surface area (Å²) in [5, 5.41) is 20.3. The fraction of sp³-hybridized carbons (Fsp3) is 0.385. The van der Waals surface area contributed by atoms with Crippen molar-refractivity contribution in [1.82, 2.24) is 4.98 Å². The lowest BCUT2D eigenvalue weighted by Crippen LogP contribution is -2.55. The van der Waals surface area contributed by atoms with Crippen molar-refractivity contribution >= 4 is 11.6 Å². The van der Waals surface area contributed by atoms with E-state index in [1.54, 1.807) is 39.1 Å². The summed E-state index contributed by atoms with van der Waals surface area (Å²) in [5.74, 6) is -1.07. The highest BCUT2D eigenvalue weighted by Gasteiger charge is 2.52. The molecule has 0 bridgehead atoms. The number of carbonyl (C=O) groups is 1. The molecule has 1 aliphatic heterocycles. The van der Waals surface area contributed by atoms with Gasteiger partial charge >= 0.3 is 0 Å². The molecule has 1 amide bonds. The lowest BCUT2D eigenvalue weighted by atomic mass is 9.82. The average molecular weight is 248 g/mol. The van der Waals surface area contributed by atoms with Gasteiger partial charge in [0.2, 0.25) is 0 Å². The van der Waals surface area contributed by atoms with Crippen LogP contribution in [0, 0.1) is 5.41 Å². The first-order valence-electron chi connectivity index (χ1n) is 5.66. The number of anilines is 1. The van der Waals surface area contributed by atoms with E-state index >= 15 is 0 Å². The third-order valence-corrected chi connectivity index (χ3v) is 3.11. The molecule has 2 rings (SSSR count). The SMILES string of the molecule is CC(C)(C)C1(O)C=C(O)C(=O)N1c1cccnc1. The Bertz CT molecular complexity index is 505. The highest BCUT2D eigenvalue weighted by atomic mass is 16.3. The van der Waals surface area contributed by atoms with Crippen molar-refractivity contribution in [2.75, 3.05) is 4.90 Å². The zero-order chi connectivity index (χ0) is 13.6. The van der Waals surface area contributed by atoms with Gasteiger partial charge in [0.25, 0.3) is 5.91 Å². The van der Waals surface area contributed by atoms with Gasteiger partial charge in [-0.05, 0) is 12.1 Å². The van der Waals surface area contributed by atoms with Gasteiger partial charge in [-0.2, -0.15) is 0 Å². The van der Waals surface area contributed by atoms with Crippen LogP contribution < -0.4 is 4.90 Å². The fourth-order valence-electron chi connectivity index (χ4n) is 1.94. The van der Waals surface area contributed by atoms with Crippen molar-refractivity contribution in [3.05, 3.63) is 36.4 Å². The van der Waals surface area contributed by atoms with Gasteiger partial charge in [-0.15, -0.1) is 0 Å². The van der Waals surface area contributed by atoms with Crippen molar-refractivity contribution in [3.8, 4) is 0 Å². The van der Waals surface area contributed by atoms with E-state index in [-0.39, 0.29) is 0 Å². The zero-order valence-electron chi connectivity index (χ0n) is 10.6. The van der Waals surface area contributed by atoms with Gasteiger partial charge in [-0.25, -0.2) is 0 Å². The molecule has 0 saturated carbocycles. The van der Waals surface area contributed by atoms with E-state index in [4.69, 9.17) is 0 Å². The minimum Gasteiger partial charge on any atom is -0.503 e. The highest BCUT2D eigenvalue weighted by molar-refractivity contribution is 6.08. The molecule has 5 nitrogen and oxygen atoms in total. The molecule has 0 aliphatic carbocycles. The Balaban J connectivity index is 2.56. The van der Waals surface area contributed by atoms with Crippen molar-refractivity contribution in [2.24, 2.45) is 5.41 Å². The summed E-state index contributed by atoms with van der Waals surface area (Å²) in [7, 11) is 0. The Morgan fingerprint density at radius 3 is 2.56 bits per heavy atom. The molecule has 0 aromatic carbocycles. The first kappa shape index (κ1) is 12.6. The molecule has 1 aromatic rings. The van der Waals surface area contributed by atoms with Crippen LogP contribution in [0.4, 0.5) is 5.69 Å². The summed E-state index contributed by atoms with van der Waals surface area (Å²) in [5.41, 5.74) is -1.78. The quantitative estimate of drug-likeness (QED) is 0.791. The van der Waals surface area contributed by atoms with E-state index in [1.165, 1.54) is 12.3 Å². The molecule has 0 fully saturated rings. The third-order valence-electron chi connectivity index (χ3n) is 3.11. The van der Waals surface area contributed by atoms with Crippen molar-refractivity contribution in [2.45, 2.75) is 26.5 Å². The van der Waals surface area contributed by atoms with Gasteiger partial charge in [0.1, 0.15) is 0 Å². The second-order valence-corrected chi connectivity index (χ2v) is 5.36. The van der Waals surface area contributed by atoms with Gasteiger partial charge in [0.05, 0.1) is 11.9 Å². The molecule has 1 atom stereocenters. The van der Waals surface area contributed by atoms with Crippen LogP contribution in [-0.2, 0) is 4.79 Å². The smallest absolute Gasteiger partial charge is 0.295 e. The molecular formula is C13H16N2O3. The molecule has 18 heavy (non-hydrogen) atoms. The first-order chi connectivity index (χ1) is 8.27. The lowest BCUT2D eigenvalue weighted by molar-refractivity contribution is -0.121. The summed E-state index contributed by atoms with van der Waals surface area (Å²) in [6, 6.07) is 3.33. The molecule has 0 radical (unpaired) electrons. The number of hydrogen-bond donors (Lipinski definition) is 2. The average Bonchev–Trinajstić information content (AvgIpc) is 2.51. The largest absolute Gasteiger partial charge is 0.503 e. The van der Waals surface area contributed by atoms with E-state index < -0.39 is 22.8 Å². The standard InChI is InChI=1S/C13H16N2O3/c1-12(2,3)13(18)7-10(16)11(17)15(13)9-5-4-6-14-8-9/h4-8,16,18H,1-3H3. The number of hydrogen-bond acceptors (Lipinski definition) is 4. The van der Waals surface area contributed by atoms with Crippen LogP contribution >= 0.6 is 0 Å². The van der Waals surface area contributed by atoms with E-state index in [2.05, 4.69) is 4.98 Å². The van der Waals surface area contributed by atoms with Crippen LogP contribution in [0.1, 0.15) is 20.8 Å². The highest BCUT2D eigenvalue weighted by Crippen LogP contribution is 2.42. The summed E-state index contributed by atoms with van der Waals surface area (Å²) in [6.07, 6.45) is 4.23. The molecule has 0 saturated heterocycles. The minimum atomic E-state index is -1.57. The van der Waals surface area contributed by atoms with Crippen LogP contribution in [0.5, 0.6) is 0 Å². The summed E-state index contributed by atoms with van der Waals surface area (Å²) in [4.78, 5) is 17.1. The number of pyridine rings is 1. The normalized spacial score (nSPS) is 24.3. The van der Waals surface area contributed by atoms with Crippen molar-refractivity contribution in [3.63, 3.8) is 0 Å². The molecule has 96 valence electrons. The van der Waals surface area contributed by atoms with Gasteiger partial charge in [-0.3, -0.25) is 14.7 Å². The Hall–Kier alpha value is -1.88. The second-order valence-electron chi connectivity index (χ2n) is 5.36. The fourth-order valence-corrected chi connectivity index (χ4v) is 1.94. The zero-order valence-corrected chi connectivity index (χ0v) is 10.6. The Morgan fingerprint density at radius 2 is 2.06 bits per heavy atom. The molecule has 1 unspecified atom stereocenters. The predicted molar refractivity (Wildman–Crippen MR) is 66.8 cm³/mol. The third kappa shape index (κ3) is 1.67. The van der Waals surface area contributed by atoms with Gasteiger partial charge in [-0.1, -0.05) is 20.8 Å². The molecule has 1 aliphatic rings. The van der Waals surface area contributed by atoms with Crippen molar-refractivity contribution < 1.29 is 15.0 Å². The maximum absolute atomic E-state index is 12.0. The van der Waals surface area contributed by atoms with Gasteiger partial charge in [0, 0.05) is 17.7 Å². The maximum atomic E-state index is 12.0. The van der Waals surface area contributed by atoms with Crippen LogP contribution in [0.15, 0.2) is 36.4 Å². The summed E-state index contributed by atoms with van der Waals surface area (Å²) in [6.45, 7) is 5.37. The minimum absolute atomic E-state index is 0.445. The number of rotatable bonds is 1. The number of aromatic nitrogens is 1. The molecule has 2 N–H and O–H groups in total. The molecular weight excluding hydrogens is 232 g/mol. The summed E-state index contributed by atoms with van der Waals surface area (Å²) < 4.78 is 0. The molecule has 1 aromatic heterocycles. The Morgan fingerprint density at radius 1 is 1.39 bits per heavy atom. The van der Waals surface area contributed by atoms with E-state index in [0.717, 1.165) is 4.90 Å². The van der Waals surface area contributed by atoms with E-state index in [1.807, 2.05) is 0 Å². The Labute approximate surface area is 105 Å². The first-order valence-corrected chi connectivity index (χ1v) is 5.66. The van der Waals surface area contributed by atoms with Crippen LogP contribution in [0.3, 0.4) is 0 Å². The monoisotopic (exact) mass is 248 g/mol. The second kappa shape index (κ2) is 3.81. The van der Waals surface area contributed by atoms with Gasteiger partial charge in [0.15, 0.2) is 11.5 Å². The number of nitrogens with zero attached hydrogens (tertiary/aromatic N) is 2. The van der Waals surface area contributed by atoms with E-state index in [0.29, 0.717) is 5.69 Å². The maximum Gasteiger partial charge on any atom is 0.295 e. The Kier molecular flexibility index (Phi) is 2.66. The van der Waals surface area contributed by atoms with Crippen molar-refractivity contribution in [1.29, 1.82) is 0 Å². The van der Waals surface area contributed by atoms with Gasteiger partial charge < -0.3 is 10.2 Å². The number of carbonyl (C=O) groups excluding carboxylic acids is 1. The van der Waals surface area contributed by atoms with Crippen LogP contribution in [0.2, 0.25) is 0 Å². The van der Waals surface area contributed by atoms with E-state index in [9.17, 15) is 15.0 Å². The predicted octanol–water partition coefficient (Wildman–Crippen LogP) is 1.60. The lowest BCUT2D eigenvalue weighted by Gasteiger charge is -2.42. The number of amides is 1. The molecule has 5 heteroatoms. The van der Waals surface area contributed by atoms with Crippen LogP contribution in [-0.4, -0.2) is 26.8 Å². The number of aliphatic hydroxyl groups is 2. The molecule has 0 spiro atoms. The number of aliphatic hydroxyl groups excluding tert-OH is 1. The molecule has 2 heterocycles.